The van der Waals surface area contributed by atoms with Crippen LogP contribution in [0.15, 0.2) is 33.5 Å². The molecule has 0 saturated heterocycles. The minimum absolute atomic E-state index is 0.0356. The molecule has 1 aliphatic heterocycles. The molecule has 5 nitrogen and oxygen atoms in total. The number of aliphatic hydroxyl groups is 1. The molecule has 0 saturated carbocycles. The van der Waals surface area contributed by atoms with Crippen molar-refractivity contribution in [2.24, 2.45) is 0 Å². The van der Waals surface area contributed by atoms with E-state index in [1.165, 1.54) is 18.6 Å². The van der Waals surface area contributed by atoms with Crippen molar-refractivity contribution in [3.05, 3.63) is 62.7 Å². The number of hydrogen-bond acceptors (Lipinski definition) is 5. The van der Waals surface area contributed by atoms with Crippen molar-refractivity contribution in [2.45, 2.75) is 58.2 Å². The van der Waals surface area contributed by atoms with Crippen molar-refractivity contribution in [1.29, 1.82) is 0 Å². The predicted molar refractivity (Wildman–Crippen MR) is 98.7 cm³/mol. The standard InChI is InChI=1S/C21H26O5/c1-11-5-6-15-12(2)20(25-18(7-8-22)16(15)9-11)14(4)19-10-17(23)13(3)21(24)26-19/h5-6,9-10,12,14,18,20,22-23H,7-8H2,1-4H3/t12-,14-,18+,20+/m1/s1. The smallest absolute Gasteiger partial charge is 0.342 e. The Hall–Kier alpha value is -2.11. The predicted octanol–water partition coefficient (Wildman–Crippen LogP) is 3.69. The summed E-state index contributed by atoms with van der Waals surface area (Å²) in [6, 6.07) is 7.81. The molecule has 2 aromatic rings. The number of ether oxygens (including phenoxy) is 1. The van der Waals surface area contributed by atoms with Gasteiger partial charge < -0.3 is 19.4 Å². The van der Waals surface area contributed by atoms with Crippen LogP contribution in [0.25, 0.3) is 0 Å². The van der Waals surface area contributed by atoms with Crippen LogP contribution in [0.5, 0.6) is 5.75 Å². The Kier molecular flexibility index (Phi) is 5.21. The van der Waals surface area contributed by atoms with Crippen LogP contribution >= 0.6 is 0 Å². The minimum atomic E-state index is -0.529. The highest BCUT2D eigenvalue weighted by Gasteiger charge is 2.37. The first kappa shape index (κ1) is 18.7. The molecular formula is C21H26O5. The van der Waals surface area contributed by atoms with Crippen molar-refractivity contribution in [2.75, 3.05) is 6.61 Å². The maximum atomic E-state index is 11.9. The fraction of sp³-hybridized carbons (Fsp3) is 0.476. The first-order valence-electron chi connectivity index (χ1n) is 9.03. The zero-order chi connectivity index (χ0) is 19.0. The lowest BCUT2D eigenvalue weighted by molar-refractivity contribution is -0.0621. The number of rotatable bonds is 4. The van der Waals surface area contributed by atoms with E-state index < -0.39 is 5.63 Å². The summed E-state index contributed by atoms with van der Waals surface area (Å²) in [7, 11) is 0. The average molecular weight is 358 g/mol. The number of aliphatic hydroxyl groups excluding tert-OH is 1. The number of fused-ring (bicyclic) bond motifs is 1. The minimum Gasteiger partial charge on any atom is -0.507 e. The molecule has 0 spiro atoms. The number of hydrogen-bond donors (Lipinski definition) is 2. The van der Waals surface area contributed by atoms with Gasteiger partial charge in [-0.3, -0.25) is 0 Å². The second-order valence-electron chi connectivity index (χ2n) is 7.26. The van der Waals surface area contributed by atoms with E-state index >= 15 is 0 Å². The first-order valence-corrected chi connectivity index (χ1v) is 9.03. The van der Waals surface area contributed by atoms with Gasteiger partial charge >= 0.3 is 5.63 Å². The molecule has 4 atom stereocenters. The summed E-state index contributed by atoms with van der Waals surface area (Å²) in [5, 5.41) is 19.4. The molecule has 2 heterocycles. The van der Waals surface area contributed by atoms with Gasteiger partial charge in [0.2, 0.25) is 0 Å². The van der Waals surface area contributed by atoms with Gasteiger partial charge in [-0.15, -0.1) is 0 Å². The molecule has 5 heteroatoms. The van der Waals surface area contributed by atoms with E-state index in [4.69, 9.17) is 9.15 Å². The van der Waals surface area contributed by atoms with Gasteiger partial charge in [-0.25, -0.2) is 4.79 Å². The Balaban J connectivity index is 2.00. The van der Waals surface area contributed by atoms with E-state index in [0.717, 1.165) is 11.1 Å². The molecule has 2 N–H and O–H groups in total. The zero-order valence-electron chi connectivity index (χ0n) is 15.7. The summed E-state index contributed by atoms with van der Waals surface area (Å²) >= 11 is 0. The number of benzene rings is 1. The molecule has 1 aromatic carbocycles. The van der Waals surface area contributed by atoms with Gasteiger partial charge in [0.15, 0.2) is 0 Å². The van der Waals surface area contributed by atoms with Crippen LogP contribution < -0.4 is 5.63 Å². The Morgan fingerprint density at radius 2 is 1.92 bits per heavy atom. The van der Waals surface area contributed by atoms with Crippen LogP contribution in [0, 0.1) is 13.8 Å². The molecule has 3 rings (SSSR count). The lowest BCUT2D eigenvalue weighted by atomic mass is 9.79. The quantitative estimate of drug-likeness (QED) is 0.871. The van der Waals surface area contributed by atoms with Gasteiger partial charge in [0.25, 0.3) is 0 Å². The van der Waals surface area contributed by atoms with Crippen molar-refractivity contribution in [3.8, 4) is 5.75 Å². The van der Waals surface area contributed by atoms with E-state index in [-0.39, 0.29) is 42.0 Å². The van der Waals surface area contributed by atoms with Gasteiger partial charge in [0, 0.05) is 30.9 Å². The molecule has 1 aliphatic rings. The summed E-state index contributed by atoms with van der Waals surface area (Å²) in [5.41, 5.74) is 3.14. The van der Waals surface area contributed by atoms with Crippen LogP contribution in [0.3, 0.4) is 0 Å². The summed E-state index contributed by atoms with van der Waals surface area (Å²) in [6.45, 7) is 7.64. The van der Waals surface area contributed by atoms with Crippen molar-refractivity contribution < 1.29 is 19.4 Å². The largest absolute Gasteiger partial charge is 0.507 e. The van der Waals surface area contributed by atoms with Crippen LogP contribution in [-0.4, -0.2) is 22.9 Å². The van der Waals surface area contributed by atoms with Gasteiger partial charge in [-0.2, -0.15) is 0 Å². The molecule has 140 valence electrons. The first-order chi connectivity index (χ1) is 12.3. The second-order valence-corrected chi connectivity index (χ2v) is 7.26. The Morgan fingerprint density at radius 3 is 2.58 bits per heavy atom. The van der Waals surface area contributed by atoms with Gasteiger partial charge in [0.1, 0.15) is 11.5 Å². The highest BCUT2D eigenvalue weighted by atomic mass is 16.5. The fourth-order valence-electron chi connectivity index (χ4n) is 3.78. The maximum Gasteiger partial charge on any atom is 0.342 e. The van der Waals surface area contributed by atoms with Crippen LogP contribution in [0.4, 0.5) is 0 Å². The lowest BCUT2D eigenvalue weighted by Crippen LogP contribution is -2.34. The van der Waals surface area contributed by atoms with Crippen LogP contribution in [-0.2, 0) is 4.74 Å². The Labute approximate surface area is 153 Å². The average Bonchev–Trinajstić information content (AvgIpc) is 2.61. The van der Waals surface area contributed by atoms with E-state index in [2.05, 4.69) is 25.1 Å². The third-order valence-corrected chi connectivity index (χ3v) is 5.41. The highest BCUT2D eigenvalue weighted by molar-refractivity contribution is 5.39. The third-order valence-electron chi connectivity index (χ3n) is 5.41. The molecule has 0 fully saturated rings. The highest BCUT2D eigenvalue weighted by Crippen LogP contribution is 2.44. The normalized spacial score (nSPS) is 23.5. The zero-order valence-corrected chi connectivity index (χ0v) is 15.7. The lowest BCUT2D eigenvalue weighted by Gasteiger charge is -2.39. The fourth-order valence-corrected chi connectivity index (χ4v) is 3.78. The molecule has 0 radical (unpaired) electrons. The Morgan fingerprint density at radius 1 is 1.19 bits per heavy atom. The van der Waals surface area contributed by atoms with Gasteiger partial charge in [-0.1, -0.05) is 37.6 Å². The monoisotopic (exact) mass is 358 g/mol. The molecular weight excluding hydrogens is 332 g/mol. The molecule has 0 unspecified atom stereocenters. The number of aryl methyl sites for hydroxylation is 1. The third kappa shape index (κ3) is 3.29. The summed E-state index contributed by atoms with van der Waals surface area (Å²) in [4.78, 5) is 11.9. The summed E-state index contributed by atoms with van der Waals surface area (Å²) in [6.07, 6.45) is 0.0755. The topological polar surface area (TPSA) is 79.9 Å². The van der Waals surface area contributed by atoms with E-state index in [1.54, 1.807) is 0 Å². The van der Waals surface area contributed by atoms with Crippen LogP contribution in [0.2, 0.25) is 0 Å². The van der Waals surface area contributed by atoms with Crippen molar-refractivity contribution >= 4 is 0 Å². The van der Waals surface area contributed by atoms with Crippen LogP contribution in [0.1, 0.15) is 66.2 Å². The van der Waals surface area contributed by atoms with Gasteiger partial charge in [-0.05, 0) is 25.0 Å². The summed E-state index contributed by atoms with van der Waals surface area (Å²) in [5.74, 6) is 0.215. The maximum absolute atomic E-state index is 11.9. The number of aromatic hydroxyl groups is 1. The van der Waals surface area contributed by atoms with E-state index in [0.29, 0.717) is 12.2 Å². The summed E-state index contributed by atoms with van der Waals surface area (Å²) < 4.78 is 11.8. The van der Waals surface area contributed by atoms with E-state index in [1.807, 2.05) is 13.8 Å². The Bertz CT molecular complexity index is 854. The van der Waals surface area contributed by atoms with Crippen molar-refractivity contribution in [1.82, 2.24) is 0 Å². The van der Waals surface area contributed by atoms with Gasteiger partial charge in [0.05, 0.1) is 17.8 Å². The van der Waals surface area contributed by atoms with E-state index in [9.17, 15) is 15.0 Å². The molecule has 0 amide bonds. The SMILES string of the molecule is Cc1ccc2c(c1)[C@H](CCO)O[C@H]([C@H](C)c1cc(O)c(C)c(=O)o1)[C@@H]2C. The molecule has 1 aromatic heterocycles. The molecule has 0 bridgehead atoms. The second kappa shape index (κ2) is 7.25. The van der Waals surface area contributed by atoms with Crippen molar-refractivity contribution in [3.63, 3.8) is 0 Å². The molecule has 26 heavy (non-hydrogen) atoms. The molecule has 0 aliphatic carbocycles.